The van der Waals surface area contributed by atoms with Gasteiger partial charge in [-0.05, 0) is 47.0 Å². The molecular formula is C20H31ClN4O3. The van der Waals surface area contributed by atoms with Crippen LogP contribution in [-0.2, 0) is 4.74 Å². The fourth-order valence-electron chi connectivity index (χ4n) is 4.01. The molecule has 2 aromatic heterocycles. The summed E-state index contributed by atoms with van der Waals surface area (Å²) >= 11 is 0. The lowest BCUT2D eigenvalue weighted by molar-refractivity contribution is 0.0526. The molecule has 0 spiro atoms. The van der Waals surface area contributed by atoms with E-state index in [1.165, 1.54) is 25.6 Å². The van der Waals surface area contributed by atoms with E-state index >= 15 is 0 Å². The van der Waals surface area contributed by atoms with Gasteiger partial charge in [0, 0.05) is 25.2 Å². The van der Waals surface area contributed by atoms with Gasteiger partial charge in [0.25, 0.3) is 0 Å². The minimum absolute atomic E-state index is 0. The number of fused-ring (bicyclic) bond motifs is 1. The monoisotopic (exact) mass is 410 g/mol. The normalized spacial score (nSPS) is 20.0. The van der Waals surface area contributed by atoms with Crippen LogP contribution in [0.2, 0.25) is 0 Å². The largest absolute Gasteiger partial charge is 0.462 e. The molecule has 2 aromatic rings. The number of hydrogen-bond acceptors (Lipinski definition) is 7. The van der Waals surface area contributed by atoms with Crippen LogP contribution in [-0.4, -0.2) is 52.6 Å². The van der Waals surface area contributed by atoms with Crippen molar-refractivity contribution >= 4 is 35.3 Å². The van der Waals surface area contributed by atoms with E-state index in [1.807, 2.05) is 0 Å². The van der Waals surface area contributed by atoms with Gasteiger partial charge in [-0.25, -0.2) is 14.8 Å². The summed E-state index contributed by atoms with van der Waals surface area (Å²) in [6, 6.07) is 1.29. The van der Waals surface area contributed by atoms with Gasteiger partial charge in [0.15, 0.2) is 0 Å². The fraction of sp³-hybridized carbons (Fsp3) is 0.650. The van der Waals surface area contributed by atoms with Crippen molar-refractivity contribution in [1.82, 2.24) is 14.9 Å². The number of ether oxygens (including phenoxy) is 1. The fourth-order valence-corrected chi connectivity index (χ4v) is 4.01. The van der Waals surface area contributed by atoms with E-state index in [9.17, 15) is 4.79 Å². The van der Waals surface area contributed by atoms with E-state index in [0.717, 1.165) is 19.5 Å². The Labute approximate surface area is 172 Å². The van der Waals surface area contributed by atoms with Crippen LogP contribution in [0.5, 0.6) is 0 Å². The van der Waals surface area contributed by atoms with E-state index < -0.39 is 5.97 Å². The summed E-state index contributed by atoms with van der Waals surface area (Å²) < 4.78 is 10.8. The van der Waals surface area contributed by atoms with Gasteiger partial charge in [-0.1, -0.05) is 6.42 Å². The predicted molar refractivity (Wildman–Crippen MR) is 112 cm³/mol. The first-order chi connectivity index (χ1) is 13.0. The highest BCUT2D eigenvalue weighted by Gasteiger charge is 2.25. The van der Waals surface area contributed by atoms with E-state index in [-0.39, 0.29) is 12.4 Å². The molecule has 2 atom stereocenters. The lowest BCUT2D eigenvalue weighted by Gasteiger charge is -2.39. The Kier molecular flexibility index (Phi) is 8.07. The van der Waals surface area contributed by atoms with Gasteiger partial charge in [-0.15, -0.1) is 12.4 Å². The molecule has 1 N–H and O–H groups in total. The summed E-state index contributed by atoms with van der Waals surface area (Å²) in [5, 5.41) is 3.97. The number of hydrogen-bond donors (Lipinski definition) is 1. The number of rotatable bonds is 7. The lowest BCUT2D eigenvalue weighted by Crippen LogP contribution is -2.44. The van der Waals surface area contributed by atoms with Gasteiger partial charge in [-0.2, -0.15) is 0 Å². The van der Waals surface area contributed by atoms with E-state index in [2.05, 4.69) is 34.0 Å². The van der Waals surface area contributed by atoms with Gasteiger partial charge in [0.2, 0.25) is 5.71 Å². The van der Waals surface area contributed by atoms with Crippen molar-refractivity contribution in [1.29, 1.82) is 0 Å². The first-order valence-corrected chi connectivity index (χ1v) is 9.93. The molecular weight excluding hydrogens is 380 g/mol. The van der Waals surface area contributed by atoms with Crippen molar-refractivity contribution in [2.24, 2.45) is 0 Å². The van der Waals surface area contributed by atoms with Crippen LogP contribution in [0.4, 0.5) is 5.82 Å². The number of aromatic nitrogens is 2. The zero-order valence-corrected chi connectivity index (χ0v) is 18.0. The number of likely N-dealkylation sites (tertiary alicyclic amines) is 1. The van der Waals surface area contributed by atoms with Crippen LogP contribution in [0.15, 0.2) is 10.7 Å². The SMILES string of the molecule is CCOC(=O)c1c(C)oc2ncnc(NCCCN3C(C)CCCC3C)c12.Cl. The van der Waals surface area contributed by atoms with Crippen LogP contribution in [0.3, 0.4) is 0 Å². The Balaban J connectivity index is 0.00000280. The molecule has 1 aliphatic heterocycles. The Morgan fingerprint density at radius 3 is 2.71 bits per heavy atom. The molecule has 1 aliphatic rings. The highest BCUT2D eigenvalue weighted by atomic mass is 35.5. The van der Waals surface area contributed by atoms with Crippen LogP contribution < -0.4 is 5.32 Å². The number of aryl methyl sites for hydroxylation is 1. The first kappa shape index (κ1) is 22.4. The van der Waals surface area contributed by atoms with Gasteiger partial charge in [-0.3, -0.25) is 4.90 Å². The van der Waals surface area contributed by atoms with Gasteiger partial charge >= 0.3 is 5.97 Å². The number of nitrogens with zero attached hydrogens (tertiary/aromatic N) is 3. The van der Waals surface area contributed by atoms with Crippen molar-refractivity contribution < 1.29 is 13.9 Å². The molecule has 3 heterocycles. The second-order valence-electron chi connectivity index (χ2n) is 7.30. The molecule has 3 rings (SSSR count). The molecule has 156 valence electrons. The Hall–Kier alpha value is -1.86. The van der Waals surface area contributed by atoms with Crippen molar-refractivity contribution in [3.63, 3.8) is 0 Å². The van der Waals surface area contributed by atoms with Crippen LogP contribution in [0, 0.1) is 6.92 Å². The first-order valence-electron chi connectivity index (χ1n) is 9.93. The maximum Gasteiger partial charge on any atom is 0.342 e. The zero-order chi connectivity index (χ0) is 19.4. The number of piperidine rings is 1. The molecule has 0 aliphatic carbocycles. The minimum atomic E-state index is -0.400. The number of halogens is 1. The molecule has 0 radical (unpaired) electrons. The lowest BCUT2D eigenvalue weighted by atomic mass is 9.97. The molecule has 0 aromatic carbocycles. The molecule has 0 amide bonds. The average molecular weight is 411 g/mol. The summed E-state index contributed by atoms with van der Waals surface area (Å²) in [4.78, 5) is 23.4. The summed E-state index contributed by atoms with van der Waals surface area (Å²) in [7, 11) is 0. The summed E-state index contributed by atoms with van der Waals surface area (Å²) in [5.41, 5.74) is 0.819. The summed E-state index contributed by atoms with van der Waals surface area (Å²) in [6.07, 6.45) is 6.35. The molecule has 2 unspecified atom stereocenters. The van der Waals surface area contributed by atoms with Crippen molar-refractivity contribution in [3.05, 3.63) is 17.7 Å². The number of carbonyl (C=O) groups is 1. The Morgan fingerprint density at radius 1 is 1.32 bits per heavy atom. The Bertz CT molecular complexity index is 785. The number of furan rings is 1. The van der Waals surface area contributed by atoms with Crippen LogP contribution in [0.1, 0.15) is 62.6 Å². The Morgan fingerprint density at radius 2 is 2.04 bits per heavy atom. The molecule has 0 bridgehead atoms. The third kappa shape index (κ3) is 4.75. The third-order valence-electron chi connectivity index (χ3n) is 5.41. The summed E-state index contributed by atoms with van der Waals surface area (Å²) in [6.45, 7) is 10.3. The maximum absolute atomic E-state index is 12.3. The van der Waals surface area contributed by atoms with Crippen molar-refractivity contribution in [2.45, 2.75) is 65.5 Å². The second kappa shape index (κ2) is 10.1. The quantitative estimate of drug-likeness (QED) is 0.541. The number of nitrogens with one attached hydrogen (secondary N) is 1. The molecule has 1 saturated heterocycles. The van der Waals surface area contributed by atoms with E-state index in [0.29, 0.717) is 46.9 Å². The third-order valence-corrected chi connectivity index (χ3v) is 5.41. The zero-order valence-electron chi connectivity index (χ0n) is 17.2. The van der Waals surface area contributed by atoms with Crippen LogP contribution >= 0.6 is 12.4 Å². The van der Waals surface area contributed by atoms with Crippen LogP contribution in [0.25, 0.3) is 11.1 Å². The van der Waals surface area contributed by atoms with Crippen molar-refractivity contribution in [2.75, 3.05) is 25.0 Å². The number of carbonyl (C=O) groups excluding carboxylic acids is 1. The average Bonchev–Trinajstić information content (AvgIpc) is 2.97. The molecule has 1 fully saturated rings. The van der Waals surface area contributed by atoms with Crippen molar-refractivity contribution in [3.8, 4) is 0 Å². The topological polar surface area (TPSA) is 80.5 Å². The summed E-state index contributed by atoms with van der Waals surface area (Å²) in [5.74, 6) is 0.727. The highest BCUT2D eigenvalue weighted by molar-refractivity contribution is 6.07. The molecule has 7 nitrogen and oxygen atoms in total. The predicted octanol–water partition coefficient (Wildman–Crippen LogP) is 4.19. The van der Waals surface area contributed by atoms with Gasteiger partial charge in [0.1, 0.15) is 23.5 Å². The van der Waals surface area contributed by atoms with E-state index in [4.69, 9.17) is 9.15 Å². The molecule has 28 heavy (non-hydrogen) atoms. The van der Waals surface area contributed by atoms with Gasteiger partial charge < -0.3 is 14.5 Å². The maximum atomic E-state index is 12.3. The number of esters is 1. The second-order valence-corrected chi connectivity index (χ2v) is 7.30. The standard InChI is InChI=1S/C20H30N4O3.ClH/c1-5-26-20(25)16-15(4)27-19-17(16)18(22-12-23-19)21-10-7-11-24-13(2)8-6-9-14(24)3;/h12-14H,5-11H2,1-4H3,(H,21,22,23);1H. The smallest absolute Gasteiger partial charge is 0.342 e. The van der Waals surface area contributed by atoms with E-state index in [1.54, 1.807) is 13.8 Å². The molecule has 8 heteroatoms. The molecule has 0 saturated carbocycles. The number of anilines is 1. The minimum Gasteiger partial charge on any atom is -0.462 e. The highest BCUT2D eigenvalue weighted by Crippen LogP contribution is 2.29. The van der Waals surface area contributed by atoms with Gasteiger partial charge in [0.05, 0.1) is 12.0 Å².